The molecule has 1 amide bonds. The molecule has 1 N–H and O–H groups in total. The molecule has 29 heavy (non-hydrogen) atoms. The topological polar surface area (TPSA) is 78.3 Å². The number of rotatable bonds is 7. The van der Waals surface area contributed by atoms with Crippen molar-refractivity contribution in [2.24, 2.45) is 7.05 Å². The first-order valence-corrected chi connectivity index (χ1v) is 9.85. The van der Waals surface area contributed by atoms with Gasteiger partial charge in [0.05, 0.1) is 30.9 Å². The average molecular weight is 394 g/mol. The Morgan fingerprint density at radius 3 is 2.66 bits per heavy atom. The smallest absolute Gasteiger partial charge is 0.252 e. The van der Waals surface area contributed by atoms with Crippen LogP contribution in [0.1, 0.15) is 46.1 Å². The maximum Gasteiger partial charge on any atom is 0.252 e. The van der Waals surface area contributed by atoms with E-state index in [1.165, 1.54) is 0 Å². The van der Waals surface area contributed by atoms with E-state index in [0.717, 1.165) is 40.8 Å². The summed E-state index contributed by atoms with van der Waals surface area (Å²) in [5, 5.41) is 8.35. The SMILES string of the molecule is COc1ccc(CCNC(=O)c2cc(C3CC3)nc3c2c(C)nn3C)cc1OC. The van der Waals surface area contributed by atoms with E-state index in [1.54, 1.807) is 18.9 Å². The molecule has 2 aromatic heterocycles. The lowest BCUT2D eigenvalue weighted by atomic mass is 10.1. The highest BCUT2D eigenvalue weighted by atomic mass is 16.5. The Balaban J connectivity index is 1.52. The number of carbonyl (C=O) groups excluding carboxylic acids is 1. The number of hydrogen-bond donors (Lipinski definition) is 1. The summed E-state index contributed by atoms with van der Waals surface area (Å²) in [4.78, 5) is 17.8. The number of aromatic nitrogens is 3. The fourth-order valence-electron chi connectivity index (χ4n) is 3.68. The summed E-state index contributed by atoms with van der Waals surface area (Å²) in [5.41, 5.74) is 4.32. The zero-order valence-corrected chi connectivity index (χ0v) is 17.3. The number of amides is 1. The van der Waals surface area contributed by atoms with Gasteiger partial charge in [-0.3, -0.25) is 9.48 Å². The van der Waals surface area contributed by atoms with Crippen LogP contribution in [-0.4, -0.2) is 41.4 Å². The number of ether oxygens (including phenoxy) is 2. The van der Waals surface area contributed by atoms with Gasteiger partial charge in [0, 0.05) is 25.2 Å². The van der Waals surface area contributed by atoms with Crippen LogP contribution in [0.3, 0.4) is 0 Å². The molecule has 0 unspecified atom stereocenters. The van der Waals surface area contributed by atoms with Crippen LogP contribution in [0.15, 0.2) is 24.3 Å². The highest BCUT2D eigenvalue weighted by molar-refractivity contribution is 6.06. The zero-order chi connectivity index (χ0) is 20.5. The van der Waals surface area contributed by atoms with Gasteiger partial charge in [-0.25, -0.2) is 4.98 Å². The van der Waals surface area contributed by atoms with Crippen molar-refractivity contribution in [1.29, 1.82) is 0 Å². The first-order valence-electron chi connectivity index (χ1n) is 9.85. The molecule has 1 aromatic carbocycles. The van der Waals surface area contributed by atoms with Gasteiger partial charge in [-0.05, 0) is 49.9 Å². The van der Waals surface area contributed by atoms with Crippen molar-refractivity contribution in [3.05, 3.63) is 46.8 Å². The van der Waals surface area contributed by atoms with Crippen LogP contribution in [0.25, 0.3) is 11.0 Å². The molecule has 7 nitrogen and oxygen atoms in total. The van der Waals surface area contributed by atoms with E-state index in [9.17, 15) is 4.79 Å². The zero-order valence-electron chi connectivity index (χ0n) is 17.3. The van der Waals surface area contributed by atoms with Crippen molar-refractivity contribution in [2.45, 2.75) is 32.1 Å². The molecule has 3 aromatic rings. The molecule has 7 heteroatoms. The van der Waals surface area contributed by atoms with Crippen LogP contribution < -0.4 is 14.8 Å². The maximum absolute atomic E-state index is 13.0. The number of fused-ring (bicyclic) bond motifs is 1. The second kappa shape index (κ2) is 7.73. The Morgan fingerprint density at radius 2 is 1.97 bits per heavy atom. The van der Waals surface area contributed by atoms with E-state index in [4.69, 9.17) is 14.5 Å². The van der Waals surface area contributed by atoms with Crippen LogP contribution in [-0.2, 0) is 13.5 Å². The lowest BCUT2D eigenvalue weighted by molar-refractivity contribution is 0.0955. The third-order valence-corrected chi connectivity index (χ3v) is 5.38. The van der Waals surface area contributed by atoms with E-state index < -0.39 is 0 Å². The monoisotopic (exact) mass is 394 g/mol. The predicted octanol–water partition coefficient (Wildman–Crippen LogP) is 3.14. The molecule has 1 saturated carbocycles. The molecule has 1 aliphatic carbocycles. The quantitative estimate of drug-likeness (QED) is 0.666. The van der Waals surface area contributed by atoms with E-state index >= 15 is 0 Å². The van der Waals surface area contributed by atoms with E-state index in [1.807, 2.05) is 38.2 Å². The third kappa shape index (κ3) is 3.77. The summed E-state index contributed by atoms with van der Waals surface area (Å²) in [7, 11) is 5.10. The molecule has 4 rings (SSSR count). The van der Waals surface area contributed by atoms with Crippen LogP contribution in [0.2, 0.25) is 0 Å². The van der Waals surface area contributed by atoms with Crippen molar-refractivity contribution in [1.82, 2.24) is 20.1 Å². The minimum absolute atomic E-state index is 0.0872. The summed E-state index contributed by atoms with van der Waals surface area (Å²) >= 11 is 0. The van der Waals surface area contributed by atoms with Crippen LogP contribution in [0.5, 0.6) is 11.5 Å². The summed E-state index contributed by atoms with van der Waals surface area (Å²) < 4.78 is 12.4. The second-order valence-corrected chi connectivity index (χ2v) is 7.47. The molecule has 0 atom stereocenters. The number of benzene rings is 1. The number of aryl methyl sites for hydroxylation is 2. The van der Waals surface area contributed by atoms with Gasteiger partial charge in [0.1, 0.15) is 0 Å². The molecular weight excluding hydrogens is 368 g/mol. The first kappa shape index (κ1) is 19.2. The van der Waals surface area contributed by atoms with Gasteiger partial charge in [-0.15, -0.1) is 0 Å². The highest BCUT2D eigenvalue weighted by Gasteiger charge is 2.28. The minimum Gasteiger partial charge on any atom is -0.493 e. The maximum atomic E-state index is 13.0. The Morgan fingerprint density at radius 1 is 1.21 bits per heavy atom. The Hall–Kier alpha value is -3.09. The van der Waals surface area contributed by atoms with Crippen LogP contribution in [0.4, 0.5) is 0 Å². The second-order valence-electron chi connectivity index (χ2n) is 7.47. The van der Waals surface area contributed by atoms with Gasteiger partial charge in [-0.2, -0.15) is 5.10 Å². The standard InChI is InChI=1S/C22H26N4O3/c1-13-20-16(12-17(15-6-7-15)24-21(20)26(2)25-13)22(27)23-10-9-14-5-8-18(28-3)19(11-14)29-4/h5,8,11-12,15H,6-7,9-10H2,1-4H3,(H,23,27). The molecule has 152 valence electrons. The number of hydrogen-bond acceptors (Lipinski definition) is 5. The van der Waals surface area contributed by atoms with Crippen molar-refractivity contribution in [2.75, 3.05) is 20.8 Å². The van der Waals surface area contributed by atoms with Gasteiger partial charge in [0.25, 0.3) is 5.91 Å². The van der Waals surface area contributed by atoms with E-state index in [0.29, 0.717) is 35.9 Å². The Bertz CT molecular complexity index is 1070. The molecule has 0 aliphatic heterocycles. The fraction of sp³-hybridized carbons (Fsp3) is 0.409. The van der Waals surface area contributed by atoms with Gasteiger partial charge >= 0.3 is 0 Å². The Kier molecular flexibility index (Phi) is 5.13. The van der Waals surface area contributed by atoms with Crippen LogP contribution >= 0.6 is 0 Å². The molecular formula is C22H26N4O3. The van der Waals surface area contributed by atoms with Gasteiger partial charge in [0.15, 0.2) is 17.1 Å². The third-order valence-electron chi connectivity index (χ3n) is 5.38. The van der Waals surface area contributed by atoms with Crippen molar-refractivity contribution < 1.29 is 14.3 Å². The number of carbonyl (C=O) groups is 1. The minimum atomic E-state index is -0.0872. The van der Waals surface area contributed by atoms with Gasteiger partial charge < -0.3 is 14.8 Å². The first-order chi connectivity index (χ1) is 14.0. The van der Waals surface area contributed by atoms with Crippen molar-refractivity contribution >= 4 is 16.9 Å². The van der Waals surface area contributed by atoms with E-state index in [2.05, 4.69) is 10.4 Å². The average Bonchev–Trinajstić information content (AvgIpc) is 3.53. The Labute approximate surface area is 170 Å². The summed E-state index contributed by atoms with van der Waals surface area (Å²) in [6, 6.07) is 7.74. The summed E-state index contributed by atoms with van der Waals surface area (Å²) in [6.07, 6.45) is 2.97. The molecule has 2 heterocycles. The molecule has 0 radical (unpaired) electrons. The summed E-state index contributed by atoms with van der Waals surface area (Å²) in [5.74, 6) is 1.76. The number of pyridine rings is 1. The normalized spacial score (nSPS) is 13.5. The highest BCUT2D eigenvalue weighted by Crippen LogP contribution is 2.40. The largest absolute Gasteiger partial charge is 0.493 e. The van der Waals surface area contributed by atoms with Crippen molar-refractivity contribution in [3.63, 3.8) is 0 Å². The molecule has 1 fully saturated rings. The predicted molar refractivity (Wildman–Crippen MR) is 111 cm³/mol. The number of nitrogens with zero attached hydrogens (tertiary/aromatic N) is 3. The number of methoxy groups -OCH3 is 2. The molecule has 1 aliphatic rings. The van der Waals surface area contributed by atoms with Crippen LogP contribution in [0, 0.1) is 6.92 Å². The van der Waals surface area contributed by atoms with Crippen molar-refractivity contribution in [3.8, 4) is 11.5 Å². The molecule has 0 spiro atoms. The lowest BCUT2D eigenvalue weighted by Gasteiger charge is -2.11. The van der Waals surface area contributed by atoms with Gasteiger partial charge in [-0.1, -0.05) is 6.07 Å². The lowest BCUT2D eigenvalue weighted by Crippen LogP contribution is -2.26. The van der Waals surface area contributed by atoms with E-state index in [-0.39, 0.29) is 5.91 Å². The molecule has 0 bridgehead atoms. The molecule has 0 saturated heterocycles. The number of nitrogens with one attached hydrogen (secondary N) is 1. The fourth-order valence-corrected chi connectivity index (χ4v) is 3.68. The summed E-state index contributed by atoms with van der Waals surface area (Å²) in [6.45, 7) is 2.44. The van der Waals surface area contributed by atoms with Gasteiger partial charge in [0.2, 0.25) is 0 Å².